The van der Waals surface area contributed by atoms with Crippen molar-refractivity contribution in [2.24, 2.45) is 5.73 Å². The molecule has 9 fully saturated rings. The summed E-state index contributed by atoms with van der Waals surface area (Å²) < 4.78 is 97.7. The van der Waals surface area contributed by atoms with E-state index >= 15 is 0 Å². The van der Waals surface area contributed by atoms with Crippen molar-refractivity contribution in [2.75, 3.05) is 138 Å². The Hall–Kier alpha value is -15.1. The van der Waals surface area contributed by atoms with Crippen LogP contribution in [0.1, 0.15) is 78.3 Å². The topological polar surface area (TPSA) is 548 Å². The molecule has 0 saturated carbocycles. The molecule has 12 aromatic heterocycles. The maximum atomic E-state index is 11.7. The summed E-state index contributed by atoms with van der Waals surface area (Å²) in [4.78, 5) is 72.3. The number of carboxylic acid groups (broad SMARTS) is 1. The Morgan fingerprint density at radius 2 is 0.787 bits per heavy atom. The van der Waals surface area contributed by atoms with Crippen molar-refractivity contribution in [3.05, 3.63) is 235 Å². The lowest BCUT2D eigenvalue weighted by Gasteiger charge is -2.56. The number of piperidine rings is 3. The molecule has 141 heavy (non-hydrogen) atoms. The van der Waals surface area contributed by atoms with Crippen molar-refractivity contribution in [2.45, 2.75) is 95.3 Å². The van der Waals surface area contributed by atoms with Crippen molar-refractivity contribution in [3.63, 3.8) is 0 Å². The van der Waals surface area contributed by atoms with E-state index < -0.39 is 54.6 Å². The Bertz CT molecular complexity index is 6610. The third-order valence-corrected chi connectivity index (χ3v) is 26.8. The van der Waals surface area contributed by atoms with Gasteiger partial charge in [-0.25, -0.2) is 43.5 Å². The van der Waals surface area contributed by atoms with Crippen LogP contribution >= 0.6 is 0 Å². The van der Waals surface area contributed by atoms with Gasteiger partial charge in [0.25, 0.3) is 6.29 Å². The number of aromatic nitrogens is 12. The number of pyridine rings is 9. The smallest absolute Gasteiger partial charge is 0.305 e. The van der Waals surface area contributed by atoms with Gasteiger partial charge >= 0.3 is 11.9 Å². The Balaban J connectivity index is 0.000000161. The van der Waals surface area contributed by atoms with Crippen LogP contribution < -0.4 is 60.1 Å². The van der Waals surface area contributed by atoms with E-state index in [9.17, 15) is 38.0 Å². The Morgan fingerprint density at radius 3 is 1.04 bits per heavy atom. The number of nitrogens with zero attached hydrogens (tertiary/aromatic N) is 21. The van der Waals surface area contributed by atoms with E-state index in [-0.39, 0.29) is 30.9 Å². The number of benzene rings is 1. The molecular weight excluding hydrogens is 1870 g/mol. The number of nitrogens with one attached hydrogen (secondary N) is 2. The fourth-order valence-electron chi connectivity index (χ4n) is 17.5. The van der Waals surface area contributed by atoms with E-state index in [1.165, 1.54) is 74.7 Å². The van der Waals surface area contributed by atoms with Crippen molar-refractivity contribution < 1.29 is 75.1 Å². The van der Waals surface area contributed by atoms with Crippen molar-refractivity contribution in [1.82, 2.24) is 79.6 Å². The molecule has 22 rings (SSSR count). The number of primary amides is 1. The van der Waals surface area contributed by atoms with Crippen molar-refractivity contribution >= 4 is 82.3 Å². The van der Waals surface area contributed by atoms with Crippen LogP contribution in [0.4, 0.5) is 22.2 Å². The molecule has 1 aromatic carbocycles. The summed E-state index contributed by atoms with van der Waals surface area (Å²) >= 11 is 0. The number of piperazine rings is 3. The third kappa shape index (κ3) is 26.3. The minimum Gasteiger partial charge on any atom is -0.530 e. The minimum atomic E-state index is -2.65. The number of carbonyl (C=O) groups is 3. The molecule has 9 aliphatic heterocycles. The second kappa shape index (κ2) is 47.0. The fourth-order valence-corrected chi connectivity index (χ4v) is 18.6. The predicted octanol–water partition coefficient (Wildman–Crippen LogP) is 9.14. The molecule has 0 spiro atoms. The first kappa shape index (κ1) is 103. The number of methoxy groups -OCH3 is 3. The standard InChI is InChI=1S/2C28H30N8O3S.C28H29N7O3S.C11H12O4.CH3NO2.CH4O.H3N/c2*1-38-27-6-3-19(12-32-27)15-35-22-9-23(35)17-34(16-22)26-5-4-20(13-31-26)25-10-24(39-7-8-40(2,30)37)18-36-28(25)21(11-29)14-33-36;1-37-27-6-3-19(12-31-27)15-34-22-9-23(34)17-33(16-22)26-5-4-20(13-30-26)25-10-24(38-7-8-39(2)36)18-35-28(25)21(11-29)14-32-35;1-8(12)14-11(15-9(2)13)10-6-4-3-5-7-10;2-1(3)4;1-2;/h2*3-6,10,12-14,18,22-23,30H,7-9,15-17H2,1-2H3;3-6,10,12-14,18,22-23H,7-9,15-17H2,1-2H3;3-7,11H,1-2H3;2H2,(H,3,4);2H,1H3;1H3/p-1. The number of hydrogen-bond acceptors (Lipinski definition) is 37. The summed E-state index contributed by atoms with van der Waals surface area (Å²) in [6, 6.07) is 48.0. The minimum absolute atomic E-state index is 0. The number of aliphatic hydroxyl groups is 1. The number of esters is 2. The number of ether oxygens (including phenoxy) is 8. The van der Waals surface area contributed by atoms with Crippen LogP contribution in [0.5, 0.6) is 34.9 Å². The first-order valence-corrected chi connectivity index (χ1v) is 50.5. The van der Waals surface area contributed by atoms with Gasteiger partial charge in [0, 0.05) is 259 Å². The van der Waals surface area contributed by atoms with E-state index in [1.54, 1.807) is 90.2 Å². The van der Waals surface area contributed by atoms with Gasteiger partial charge in [-0.3, -0.25) is 46.5 Å². The molecule has 6 bridgehead atoms. The highest BCUT2D eigenvalue weighted by atomic mass is 32.2. The molecule has 9 aliphatic rings. The summed E-state index contributed by atoms with van der Waals surface area (Å²) in [7, 11) is -0.368. The van der Waals surface area contributed by atoms with E-state index in [0.717, 1.165) is 117 Å². The number of carbonyl (C=O) groups excluding carboxylic acids is 3. The van der Waals surface area contributed by atoms with Gasteiger partial charge in [0.15, 0.2) is 0 Å². The third-order valence-electron chi connectivity index (χ3n) is 24.2. The molecule has 44 heteroatoms. The van der Waals surface area contributed by atoms with Crippen LogP contribution in [0.2, 0.25) is 0 Å². The molecule has 9 saturated heterocycles. The zero-order valence-corrected chi connectivity index (χ0v) is 81.7. The Morgan fingerprint density at radius 1 is 0.482 bits per heavy atom. The van der Waals surface area contributed by atoms with Gasteiger partial charge in [-0.1, -0.05) is 48.5 Å². The van der Waals surface area contributed by atoms with Gasteiger partial charge in [0.05, 0.1) is 116 Å². The van der Waals surface area contributed by atoms with Crippen molar-refractivity contribution in [1.29, 1.82) is 25.3 Å². The van der Waals surface area contributed by atoms with Crippen LogP contribution in [-0.2, 0) is 69.0 Å². The Kier molecular flexibility index (Phi) is 34.5. The number of aliphatic hydroxyl groups excluding tert-OH is 1. The van der Waals surface area contributed by atoms with Gasteiger partial charge in [0.1, 0.15) is 72.2 Å². The number of hydrogen-bond donors (Lipinski definition) is 5. The number of nitriles is 3. The lowest BCUT2D eigenvalue weighted by molar-refractivity contribution is -0.245. The molecule has 13 aromatic rings. The Labute approximate surface area is 817 Å². The molecule has 9 unspecified atom stereocenters. The van der Waals surface area contributed by atoms with Crippen molar-refractivity contribution in [3.8, 4) is 86.5 Å². The zero-order chi connectivity index (χ0) is 99.5. The normalized spacial score (nSPS) is 17.9. The SMILES string of the molecule is CC(=O)OC(OC(C)=O)c1ccccc1.CO.COc1ccc(CN2C3CC2CN(c2ccc(-c4cc(OCCS(C)(=N)=O)cn5ncc(C#N)c45)cn2)C3)cn1.COc1ccc(CN2C3CC2CN(c2ccc(-c4cc(OCCS(C)(=N)=O)cn5ncc(C#N)c45)cn2)C3)cn1.COc1ccc(CN2C3CC2CN(c2ccc(-c4cc(OCCS(C)=O)cn5ncc(C#N)c45)cn2)C3)cn1.N.NC(=O)[O-]. The summed E-state index contributed by atoms with van der Waals surface area (Å²) in [5.74, 6) is 6.04. The molecule has 738 valence electrons. The van der Waals surface area contributed by atoms with E-state index in [1.807, 2.05) is 116 Å². The average Bonchev–Trinajstić information content (AvgIpc) is 1.75. The molecule has 1 amide bonds. The van der Waals surface area contributed by atoms with Gasteiger partial charge in [0.2, 0.25) is 17.6 Å². The number of nitrogens with two attached hydrogens (primary N) is 1. The predicted molar refractivity (Wildman–Crippen MR) is 526 cm³/mol. The number of anilines is 3. The zero-order valence-electron chi connectivity index (χ0n) is 79.2. The fraction of sp³-hybridized carbons (Fsp3) is 0.351. The van der Waals surface area contributed by atoms with Crippen LogP contribution in [0.3, 0.4) is 0 Å². The highest BCUT2D eigenvalue weighted by Crippen LogP contribution is 2.42. The maximum Gasteiger partial charge on any atom is 0.305 e. The van der Waals surface area contributed by atoms with Crippen LogP contribution in [0.25, 0.3) is 49.9 Å². The number of rotatable bonds is 30. The summed E-state index contributed by atoms with van der Waals surface area (Å²) in [5.41, 5.74) is 16.5. The average molecular weight is 1980 g/mol. The highest BCUT2D eigenvalue weighted by molar-refractivity contribution is 7.92. The van der Waals surface area contributed by atoms with E-state index in [4.69, 9.17) is 77.4 Å². The number of amides is 1. The second-order valence-corrected chi connectivity index (χ2v) is 40.3. The highest BCUT2D eigenvalue weighted by Gasteiger charge is 2.47. The molecule has 41 nitrogen and oxygen atoms in total. The van der Waals surface area contributed by atoms with Crippen LogP contribution in [0, 0.1) is 43.6 Å². The molecule has 0 radical (unpaired) electrons. The summed E-state index contributed by atoms with van der Waals surface area (Å²) in [6.07, 6.45) is 26.4. The van der Waals surface area contributed by atoms with Crippen LogP contribution in [-0.4, -0.2) is 269 Å². The molecule has 0 aliphatic carbocycles. The van der Waals surface area contributed by atoms with E-state index in [2.05, 4.69) is 102 Å². The summed E-state index contributed by atoms with van der Waals surface area (Å²) in [5, 5.41) is 57.6. The largest absolute Gasteiger partial charge is 0.530 e. The molecule has 21 heterocycles. The number of fused-ring (bicyclic) bond motifs is 9. The lowest BCUT2D eigenvalue weighted by Crippen LogP contribution is -2.68. The second-order valence-electron chi connectivity index (χ2n) is 33.9. The first-order chi connectivity index (χ1) is 67.5. The maximum absolute atomic E-state index is 11.7. The first-order valence-electron chi connectivity index (χ1n) is 44.5. The van der Waals surface area contributed by atoms with Gasteiger partial charge in [-0.15, -0.1) is 0 Å². The van der Waals surface area contributed by atoms with Crippen LogP contribution in [0.15, 0.2) is 196 Å². The lowest BCUT2D eigenvalue weighted by atomic mass is 9.87. The summed E-state index contributed by atoms with van der Waals surface area (Å²) in [6.45, 7) is 11.3. The molecule has 9 atom stereocenters. The molecule has 8 N–H and O–H groups in total. The quantitative estimate of drug-likeness (QED) is 0.0207. The van der Waals surface area contributed by atoms with Gasteiger partial charge in [-0.05, 0) is 90.6 Å². The molecular formula is C97H110N25O16S3-. The van der Waals surface area contributed by atoms with Gasteiger partial charge < -0.3 is 79.5 Å². The van der Waals surface area contributed by atoms with Gasteiger partial charge in [-0.2, -0.15) is 31.1 Å². The monoisotopic (exact) mass is 1980 g/mol. The van der Waals surface area contributed by atoms with E-state index in [0.29, 0.717) is 122 Å².